The minimum atomic E-state index is -3.80. The van der Waals surface area contributed by atoms with Crippen LogP contribution in [0.5, 0.6) is 0 Å². The second-order valence-electron chi connectivity index (χ2n) is 6.38. The van der Waals surface area contributed by atoms with Crippen LogP contribution < -0.4 is 9.62 Å². The fraction of sp³-hybridized carbons (Fsp3) is 0.389. The molecule has 1 atom stereocenters. The molecular weight excluding hydrogens is 354 g/mol. The van der Waals surface area contributed by atoms with Gasteiger partial charge in [0.15, 0.2) is 0 Å². The van der Waals surface area contributed by atoms with Crippen molar-refractivity contribution < 1.29 is 17.6 Å². The summed E-state index contributed by atoms with van der Waals surface area (Å²) in [5.74, 6) is 0.379. The van der Waals surface area contributed by atoms with Crippen molar-refractivity contribution in [2.24, 2.45) is 0 Å². The summed E-state index contributed by atoms with van der Waals surface area (Å²) in [5, 5.41) is 2.82. The second-order valence-corrected chi connectivity index (χ2v) is 8.45. The zero-order chi connectivity index (χ0) is 19.3. The molecule has 0 fully saturated rings. The van der Waals surface area contributed by atoms with Crippen LogP contribution in [0.4, 0.5) is 5.69 Å². The molecule has 26 heavy (non-hydrogen) atoms. The van der Waals surface area contributed by atoms with Gasteiger partial charge < -0.3 is 9.73 Å². The van der Waals surface area contributed by atoms with E-state index in [9.17, 15) is 13.2 Å². The molecule has 2 aromatic rings. The highest BCUT2D eigenvalue weighted by molar-refractivity contribution is 7.90. The molecule has 0 aliphatic carbocycles. The lowest BCUT2D eigenvalue weighted by atomic mass is 10.2. The third kappa shape index (κ3) is 5.09. The summed E-state index contributed by atoms with van der Waals surface area (Å²) in [4.78, 5) is 12.4. The Morgan fingerprint density at radius 2 is 1.85 bits per heavy atom. The molecule has 0 bridgehead atoms. The molecule has 7 nitrogen and oxygen atoms in total. The lowest BCUT2D eigenvalue weighted by Gasteiger charge is -2.27. The number of aryl methyl sites for hydroxylation is 1. The van der Waals surface area contributed by atoms with Gasteiger partial charge in [0.25, 0.3) is 0 Å². The van der Waals surface area contributed by atoms with Gasteiger partial charge in [-0.15, -0.1) is 0 Å². The third-order valence-electron chi connectivity index (χ3n) is 3.84. The summed E-state index contributed by atoms with van der Waals surface area (Å²) < 4.78 is 32.8. The summed E-state index contributed by atoms with van der Waals surface area (Å²) in [7, 11) is -0.921. The number of nitrogens with zero attached hydrogens (tertiary/aromatic N) is 2. The third-order valence-corrected chi connectivity index (χ3v) is 5.66. The Kier molecular flexibility index (Phi) is 6.44. The van der Waals surface area contributed by atoms with E-state index in [0.29, 0.717) is 12.1 Å². The van der Waals surface area contributed by atoms with E-state index in [1.165, 1.54) is 14.1 Å². The molecule has 2 rings (SSSR count). The number of anilines is 1. The van der Waals surface area contributed by atoms with Gasteiger partial charge >= 0.3 is 10.2 Å². The first kappa shape index (κ1) is 20.0. The summed E-state index contributed by atoms with van der Waals surface area (Å²) >= 11 is 0. The average Bonchev–Trinajstić information content (AvgIpc) is 3.06. The van der Waals surface area contributed by atoms with E-state index in [4.69, 9.17) is 4.42 Å². The standard InChI is InChI=1S/C18H25N3O4S/c1-14-7-9-16(10-8-14)21(26(23,24)20(3)4)13-18(22)19-15(2)12-17-6-5-11-25-17/h5-11,15H,12-13H2,1-4H3,(H,19,22)/t15-/m1/s1. The van der Waals surface area contributed by atoms with Crippen LogP contribution in [0, 0.1) is 6.92 Å². The minimum absolute atomic E-state index is 0.185. The van der Waals surface area contributed by atoms with E-state index >= 15 is 0 Å². The van der Waals surface area contributed by atoms with Gasteiger partial charge in [0, 0.05) is 26.6 Å². The van der Waals surface area contributed by atoms with Crippen molar-refractivity contribution in [2.45, 2.75) is 26.3 Å². The number of rotatable bonds is 8. The van der Waals surface area contributed by atoms with Crippen LogP contribution in [-0.4, -0.2) is 45.3 Å². The highest BCUT2D eigenvalue weighted by Gasteiger charge is 2.27. The molecule has 1 amide bonds. The molecule has 0 spiro atoms. The van der Waals surface area contributed by atoms with Crippen molar-refractivity contribution in [2.75, 3.05) is 24.9 Å². The van der Waals surface area contributed by atoms with E-state index in [-0.39, 0.29) is 18.5 Å². The SMILES string of the molecule is Cc1ccc(N(CC(=O)N[C@H](C)Cc2ccco2)S(=O)(=O)N(C)C)cc1. The molecule has 1 aromatic heterocycles. The second kappa shape index (κ2) is 8.37. The molecule has 0 radical (unpaired) electrons. The van der Waals surface area contributed by atoms with E-state index in [0.717, 1.165) is 19.9 Å². The fourth-order valence-electron chi connectivity index (χ4n) is 2.45. The van der Waals surface area contributed by atoms with Crippen LogP contribution in [0.15, 0.2) is 47.1 Å². The summed E-state index contributed by atoms with van der Waals surface area (Å²) in [6.45, 7) is 3.46. The quantitative estimate of drug-likeness (QED) is 0.760. The van der Waals surface area contributed by atoms with Crippen molar-refractivity contribution >= 4 is 21.8 Å². The first-order chi connectivity index (χ1) is 12.2. The summed E-state index contributed by atoms with van der Waals surface area (Å²) in [6, 6.07) is 10.4. The van der Waals surface area contributed by atoms with Gasteiger partial charge in [0.05, 0.1) is 12.0 Å². The molecule has 1 N–H and O–H groups in total. The predicted molar refractivity (Wildman–Crippen MR) is 101 cm³/mol. The van der Waals surface area contributed by atoms with Gasteiger partial charge in [-0.2, -0.15) is 12.7 Å². The maximum atomic E-state index is 12.7. The van der Waals surface area contributed by atoms with Crippen LogP contribution in [0.1, 0.15) is 18.2 Å². The molecule has 0 aliphatic rings. The van der Waals surface area contributed by atoms with Crippen LogP contribution in [0.3, 0.4) is 0 Å². The molecule has 1 heterocycles. The van der Waals surface area contributed by atoms with Gasteiger partial charge in [-0.05, 0) is 38.1 Å². The van der Waals surface area contributed by atoms with Gasteiger partial charge in [0.1, 0.15) is 12.3 Å². The van der Waals surface area contributed by atoms with Gasteiger partial charge in [0.2, 0.25) is 5.91 Å². The Morgan fingerprint density at radius 3 is 2.38 bits per heavy atom. The molecule has 0 saturated carbocycles. The normalized spacial score (nSPS) is 12.8. The number of carbonyl (C=O) groups excluding carboxylic acids is 1. The van der Waals surface area contributed by atoms with Crippen molar-refractivity contribution in [1.82, 2.24) is 9.62 Å². The maximum Gasteiger partial charge on any atom is 0.304 e. The van der Waals surface area contributed by atoms with Crippen LogP contribution in [-0.2, 0) is 21.4 Å². The van der Waals surface area contributed by atoms with Gasteiger partial charge in [-0.3, -0.25) is 4.79 Å². The minimum Gasteiger partial charge on any atom is -0.469 e. The summed E-state index contributed by atoms with van der Waals surface area (Å²) in [6.07, 6.45) is 2.11. The lowest BCUT2D eigenvalue weighted by Crippen LogP contribution is -2.47. The van der Waals surface area contributed by atoms with Gasteiger partial charge in [-0.25, -0.2) is 4.31 Å². The Hall–Kier alpha value is -2.32. The topological polar surface area (TPSA) is 82.9 Å². The van der Waals surface area contributed by atoms with Gasteiger partial charge in [-0.1, -0.05) is 17.7 Å². The van der Waals surface area contributed by atoms with E-state index in [1.807, 2.05) is 32.0 Å². The van der Waals surface area contributed by atoms with E-state index in [1.54, 1.807) is 24.5 Å². The number of hydrogen-bond acceptors (Lipinski definition) is 4. The Morgan fingerprint density at radius 1 is 1.19 bits per heavy atom. The van der Waals surface area contributed by atoms with E-state index < -0.39 is 10.2 Å². The fourth-order valence-corrected chi connectivity index (χ4v) is 3.51. The number of hydrogen-bond donors (Lipinski definition) is 1. The van der Waals surface area contributed by atoms with Crippen LogP contribution in [0.2, 0.25) is 0 Å². The maximum absolute atomic E-state index is 12.7. The average molecular weight is 379 g/mol. The predicted octanol–water partition coefficient (Wildman–Crippen LogP) is 1.95. The zero-order valence-electron chi connectivity index (χ0n) is 15.5. The Balaban J connectivity index is 2.13. The molecule has 142 valence electrons. The smallest absolute Gasteiger partial charge is 0.304 e. The highest BCUT2D eigenvalue weighted by atomic mass is 32.2. The number of carbonyl (C=O) groups is 1. The first-order valence-corrected chi connectivity index (χ1v) is 9.68. The molecule has 0 saturated heterocycles. The van der Waals surface area contributed by atoms with Crippen molar-refractivity contribution in [3.63, 3.8) is 0 Å². The Bertz CT molecular complexity index is 815. The van der Waals surface area contributed by atoms with Crippen LogP contribution in [0.25, 0.3) is 0 Å². The molecule has 1 aromatic carbocycles. The zero-order valence-corrected chi connectivity index (χ0v) is 16.3. The Labute approximate surface area is 154 Å². The van der Waals surface area contributed by atoms with Crippen LogP contribution >= 0.6 is 0 Å². The van der Waals surface area contributed by atoms with Crippen molar-refractivity contribution in [1.29, 1.82) is 0 Å². The highest BCUT2D eigenvalue weighted by Crippen LogP contribution is 2.20. The molecular formula is C18H25N3O4S. The number of amides is 1. The summed E-state index contributed by atoms with van der Waals surface area (Å²) in [5.41, 5.74) is 1.45. The lowest BCUT2D eigenvalue weighted by molar-refractivity contribution is -0.120. The van der Waals surface area contributed by atoms with Crippen molar-refractivity contribution in [3.8, 4) is 0 Å². The molecule has 8 heteroatoms. The first-order valence-electron chi connectivity index (χ1n) is 8.28. The number of nitrogens with one attached hydrogen (secondary N) is 1. The number of benzene rings is 1. The number of furan rings is 1. The van der Waals surface area contributed by atoms with E-state index in [2.05, 4.69) is 5.32 Å². The largest absolute Gasteiger partial charge is 0.469 e. The monoisotopic (exact) mass is 379 g/mol. The molecule has 0 aliphatic heterocycles. The van der Waals surface area contributed by atoms with Crippen molar-refractivity contribution in [3.05, 3.63) is 54.0 Å². The molecule has 0 unspecified atom stereocenters.